The van der Waals surface area contributed by atoms with Crippen LogP contribution in [0.3, 0.4) is 0 Å². The molecule has 206 valence electrons. The first-order valence-electron chi connectivity index (χ1n) is 12.5. The van der Waals surface area contributed by atoms with E-state index in [0.29, 0.717) is 11.3 Å². The fraction of sp³-hybridized carbons (Fsp3) is 0.200. The number of esters is 1. The predicted molar refractivity (Wildman–Crippen MR) is 141 cm³/mol. The topological polar surface area (TPSA) is 85.5 Å². The summed E-state index contributed by atoms with van der Waals surface area (Å²) in [7, 11) is 0. The van der Waals surface area contributed by atoms with Gasteiger partial charge in [-0.25, -0.2) is 4.79 Å². The van der Waals surface area contributed by atoms with E-state index in [4.69, 9.17) is 9.26 Å². The Bertz CT molecular complexity index is 1420. The minimum Gasteiger partial charge on any atom is -0.464 e. The molecule has 1 unspecified atom stereocenters. The van der Waals surface area contributed by atoms with E-state index in [2.05, 4.69) is 10.1 Å². The van der Waals surface area contributed by atoms with E-state index in [0.717, 1.165) is 28.8 Å². The van der Waals surface area contributed by atoms with Gasteiger partial charge in [0.05, 0.1) is 17.9 Å². The zero-order chi connectivity index (χ0) is 28.5. The van der Waals surface area contributed by atoms with Crippen LogP contribution in [0.25, 0.3) is 17.2 Å². The summed E-state index contributed by atoms with van der Waals surface area (Å²) in [5.74, 6) is -1.14. The van der Waals surface area contributed by atoms with Crippen LogP contribution in [0.2, 0.25) is 0 Å². The van der Waals surface area contributed by atoms with Crippen LogP contribution in [0.15, 0.2) is 96.0 Å². The van der Waals surface area contributed by atoms with Crippen LogP contribution in [0.1, 0.15) is 29.3 Å². The smallest absolute Gasteiger partial charge is 0.416 e. The Balaban J connectivity index is 1.62. The number of hydrogen-bond acceptors (Lipinski definition) is 6. The van der Waals surface area contributed by atoms with Crippen LogP contribution < -0.4 is 0 Å². The largest absolute Gasteiger partial charge is 0.464 e. The number of rotatable bonds is 10. The Morgan fingerprint density at radius 1 is 0.975 bits per heavy atom. The van der Waals surface area contributed by atoms with E-state index in [1.165, 1.54) is 35.4 Å². The van der Waals surface area contributed by atoms with Gasteiger partial charge < -0.3 is 14.2 Å². The second-order valence-electron chi connectivity index (χ2n) is 8.81. The Morgan fingerprint density at radius 3 is 2.25 bits per heavy atom. The fourth-order valence-electron chi connectivity index (χ4n) is 4.03. The van der Waals surface area contributed by atoms with Crippen LogP contribution in [-0.2, 0) is 33.5 Å². The van der Waals surface area contributed by atoms with E-state index < -0.39 is 29.7 Å². The molecule has 0 bridgehead atoms. The van der Waals surface area contributed by atoms with Crippen molar-refractivity contribution >= 4 is 18.0 Å². The lowest BCUT2D eigenvalue weighted by Crippen LogP contribution is -2.46. The summed E-state index contributed by atoms with van der Waals surface area (Å²) < 4.78 is 48.9. The van der Waals surface area contributed by atoms with Gasteiger partial charge in [-0.3, -0.25) is 9.78 Å². The van der Waals surface area contributed by atoms with Crippen molar-refractivity contribution in [1.29, 1.82) is 0 Å². The first-order valence-corrected chi connectivity index (χ1v) is 12.5. The molecule has 0 fully saturated rings. The van der Waals surface area contributed by atoms with Gasteiger partial charge in [0.15, 0.2) is 0 Å². The molecule has 0 aliphatic heterocycles. The molecular weight excluding hydrogens is 523 g/mol. The third-order valence-electron chi connectivity index (χ3n) is 6.09. The van der Waals surface area contributed by atoms with E-state index >= 15 is 0 Å². The number of pyridine rings is 1. The normalized spacial score (nSPS) is 12.3. The number of carbonyl (C=O) groups is 2. The van der Waals surface area contributed by atoms with Crippen molar-refractivity contribution in [1.82, 2.24) is 15.0 Å². The zero-order valence-corrected chi connectivity index (χ0v) is 21.5. The third-order valence-corrected chi connectivity index (χ3v) is 6.09. The van der Waals surface area contributed by atoms with Crippen LogP contribution in [0.4, 0.5) is 13.2 Å². The maximum Gasteiger partial charge on any atom is 0.416 e. The SMILES string of the molecule is CCOC(=O)C(Cc1ccon1)N(Cc1ccc(-c2ccncc2)cc1)C(=O)/C=C/c1ccc(C(F)(F)F)cc1. The van der Waals surface area contributed by atoms with Gasteiger partial charge in [-0.15, -0.1) is 0 Å². The van der Waals surface area contributed by atoms with E-state index in [9.17, 15) is 22.8 Å². The number of ether oxygens (including phenoxy) is 1. The highest BCUT2D eigenvalue weighted by atomic mass is 19.4. The molecule has 7 nitrogen and oxygen atoms in total. The molecule has 0 saturated carbocycles. The number of nitrogens with zero attached hydrogens (tertiary/aromatic N) is 3. The number of carbonyl (C=O) groups excluding carboxylic acids is 2. The molecule has 10 heteroatoms. The summed E-state index contributed by atoms with van der Waals surface area (Å²) in [5.41, 5.74) is 2.74. The molecule has 1 amide bonds. The van der Waals surface area contributed by atoms with E-state index in [-0.39, 0.29) is 19.6 Å². The summed E-state index contributed by atoms with van der Waals surface area (Å²) >= 11 is 0. The standard InChI is InChI=1S/C30H26F3N3O4/c1-2-39-29(38)27(19-26-15-18-40-35-26)36(20-22-3-8-23(9-4-22)24-13-16-34-17-14-24)28(37)12-7-21-5-10-25(11-6-21)30(31,32)33/h3-18,27H,2,19-20H2,1H3/b12-7+. The molecule has 40 heavy (non-hydrogen) atoms. The quantitative estimate of drug-likeness (QED) is 0.179. The van der Waals surface area contributed by atoms with Crippen molar-refractivity contribution in [3.05, 3.63) is 114 Å². The molecule has 0 radical (unpaired) electrons. The highest BCUT2D eigenvalue weighted by Crippen LogP contribution is 2.29. The number of halogens is 3. The van der Waals surface area contributed by atoms with Gasteiger partial charge in [0.1, 0.15) is 12.3 Å². The van der Waals surface area contributed by atoms with E-state index in [1.54, 1.807) is 25.4 Å². The lowest BCUT2D eigenvalue weighted by Gasteiger charge is -2.29. The molecule has 4 rings (SSSR count). The Hall–Kier alpha value is -4.73. The van der Waals surface area contributed by atoms with Crippen LogP contribution >= 0.6 is 0 Å². The Labute approximate surface area is 228 Å². The molecule has 0 spiro atoms. The first kappa shape index (κ1) is 28.3. The van der Waals surface area contributed by atoms with Gasteiger partial charge in [-0.1, -0.05) is 41.6 Å². The number of amides is 1. The van der Waals surface area contributed by atoms with E-state index in [1.807, 2.05) is 36.4 Å². The molecule has 4 aromatic rings. The summed E-state index contributed by atoms with van der Waals surface area (Å²) in [6.45, 7) is 1.84. The molecule has 2 heterocycles. The number of alkyl halides is 3. The molecule has 0 aliphatic rings. The molecule has 1 atom stereocenters. The van der Waals surface area contributed by atoms with Crippen molar-refractivity contribution in [2.75, 3.05) is 6.61 Å². The molecule has 2 aromatic carbocycles. The van der Waals surface area contributed by atoms with Crippen molar-refractivity contribution in [3.63, 3.8) is 0 Å². The van der Waals surface area contributed by atoms with Crippen molar-refractivity contribution in [3.8, 4) is 11.1 Å². The number of hydrogen-bond donors (Lipinski definition) is 0. The highest BCUT2D eigenvalue weighted by Gasteiger charge is 2.32. The van der Waals surface area contributed by atoms with Crippen LogP contribution in [0, 0.1) is 0 Å². The molecule has 0 aliphatic carbocycles. The number of aromatic nitrogens is 2. The van der Waals surface area contributed by atoms with Gasteiger partial charge in [0.25, 0.3) is 0 Å². The minimum atomic E-state index is -4.46. The van der Waals surface area contributed by atoms with Crippen molar-refractivity contribution in [2.45, 2.75) is 32.1 Å². The monoisotopic (exact) mass is 549 g/mol. The predicted octanol–water partition coefficient (Wildman–Crippen LogP) is 5.97. The fourth-order valence-corrected chi connectivity index (χ4v) is 4.03. The average molecular weight is 550 g/mol. The van der Waals surface area contributed by atoms with Gasteiger partial charge in [0.2, 0.25) is 5.91 Å². The Morgan fingerprint density at radius 2 is 1.65 bits per heavy atom. The summed E-state index contributed by atoms with van der Waals surface area (Å²) in [6, 6.07) is 16.3. The maximum atomic E-state index is 13.5. The molecule has 2 aromatic heterocycles. The van der Waals surface area contributed by atoms with Crippen LogP contribution in [0.5, 0.6) is 0 Å². The zero-order valence-electron chi connectivity index (χ0n) is 21.5. The van der Waals surface area contributed by atoms with Gasteiger partial charge in [-0.2, -0.15) is 13.2 Å². The highest BCUT2D eigenvalue weighted by molar-refractivity contribution is 5.94. The summed E-state index contributed by atoms with van der Waals surface area (Å²) in [5, 5.41) is 3.88. The second-order valence-corrected chi connectivity index (χ2v) is 8.81. The third kappa shape index (κ3) is 7.43. The van der Waals surface area contributed by atoms with Crippen LogP contribution in [-0.4, -0.2) is 39.6 Å². The molecular formula is C30H26F3N3O4. The van der Waals surface area contributed by atoms with Crippen molar-refractivity contribution in [2.24, 2.45) is 0 Å². The van der Waals surface area contributed by atoms with Gasteiger partial charge in [0, 0.05) is 37.5 Å². The summed E-state index contributed by atoms with van der Waals surface area (Å²) in [4.78, 5) is 31.9. The van der Waals surface area contributed by atoms with Crippen molar-refractivity contribution < 1.29 is 32.0 Å². The average Bonchev–Trinajstić information content (AvgIpc) is 3.48. The minimum absolute atomic E-state index is 0.0459. The summed E-state index contributed by atoms with van der Waals surface area (Å²) in [6.07, 6.45) is 2.97. The number of benzene rings is 2. The molecule has 0 N–H and O–H groups in total. The Kier molecular flexibility index (Phi) is 9.11. The first-order chi connectivity index (χ1) is 19.2. The lowest BCUT2D eigenvalue weighted by molar-refractivity contribution is -0.154. The van der Waals surface area contributed by atoms with Gasteiger partial charge >= 0.3 is 12.1 Å². The second kappa shape index (κ2) is 12.9. The molecule has 0 saturated heterocycles. The lowest BCUT2D eigenvalue weighted by atomic mass is 10.0. The van der Waals surface area contributed by atoms with Gasteiger partial charge in [-0.05, 0) is 59.5 Å². The maximum absolute atomic E-state index is 13.5.